The third kappa shape index (κ3) is 3.73. The molecule has 2 aromatic rings. The molecule has 0 N–H and O–H groups in total. The first-order valence-corrected chi connectivity index (χ1v) is 10.2. The van der Waals surface area contributed by atoms with E-state index in [4.69, 9.17) is 9.47 Å². The first-order valence-electron chi connectivity index (χ1n) is 10.2. The Bertz CT molecular complexity index is 965. The number of hydrogen-bond donors (Lipinski definition) is 0. The number of halogens is 1. The van der Waals surface area contributed by atoms with Crippen molar-refractivity contribution >= 4 is 17.2 Å². The average Bonchev–Trinajstić information content (AvgIpc) is 3.36. The number of carbonyl (C=O) groups is 1. The summed E-state index contributed by atoms with van der Waals surface area (Å²) >= 11 is 0. The minimum absolute atomic E-state index is 0.0798. The standard InChI is InChI=1S/C22H26FN3O3/c1-3-28-21-8-7-15(23)12-17(21)19-6-5-10-25(19)16-9-11-26-20(13-16)18(14-24-26)22(27)29-4-2/h7-9,11,13-15,19H,3-6,10,12H2,1-2H3/t15?,19-/m1/s1. The molecular weight excluding hydrogens is 373 g/mol. The number of allylic oxidation sites excluding steroid dienone is 2. The van der Waals surface area contributed by atoms with Gasteiger partial charge in [0.25, 0.3) is 0 Å². The van der Waals surface area contributed by atoms with Gasteiger partial charge in [-0.15, -0.1) is 0 Å². The molecule has 1 unspecified atom stereocenters. The number of esters is 1. The molecule has 6 nitrogen and oxygen atoms in total. The molecule has 0 bridgehead atoms. The number of hydrogen-bond acceptors (Lipinski definition) is 5. The van der Waals surface area contributed by atoms with E-state index in [2.05, 4.69) is 10.00 Å². The van der Waals surface area contributed by atoms with Crippen LogP contribution in [0.2, 0.25) is 0 Å². The molecule has 4 rings (SSSR count). The molecule has 1 aliphatic carbocycles. The maximum Gasteiger partial charge on any atom is 0.341 e. The molecule has 0 spiro atoms. The van der Waals surface area contributed by atoms with E-state index in [0.717, 1.165) is 36.4 Å². The van der Waals surface area contributed by atoms with Crippen molar-refractivity contribution in [3.05, 3.63) is 53.6 Å². The van der Waals surface area contributed by atoms with Gasteiger partial charge in [0.2, 0.25) is 0 Å². The van der Waals surface area contributed by atoms with Gasteiger partial charge in [0.1, 0.15) is 17.5 Å². The van der Waals surface area contributed by atoms with Crippen molar-refractivity contribution in [1.29, 1.82) is 0 Å². The first-order chi connectivity index (χ1) is 14.1. The van der Waals surface area contributed by atoms with Gasteiger partial charge in [-0.2, -0.15) is 5.10 Å². The van der Waals surface area contributed by atoms with E-state index in [1.54, 1.807) is 23.6 Å². The zero-order valence-corrected chi connectivity index (χ0v) is 16.8. The van der Waals surface area contributed by atoms with Gasteiger partial charge in [0.05, 0.1) is 31.0 Å². The van der Waals surface area contributed by atoms with Gasteiger partial charge in [0, 0.05) is 24.8 Å². The number of carbonyl (C=O) groups excluding carboxylic acids is 1. The molecule has 0 aromatic carbocycles. The summed E-state index contributed by atoms with van der Waals surface area (Å²) in [5, 5.41) is 4.25. The topological polar surface area (TPSA) is 56.1 Å². The molecule has 7 heteroatoms. The summed E-state index contributed by atoms with van der Waals surface area (Å²) in [6, 6.07) is 4.03. The van der Waals surface area contributed by atoms with Crippen LogP contribution in [-0.4, -0.2) is 47.6 Å². The highest BCUT2D eigenvalue weighted by molar-refractivity contribution is 5.97. The van der Waals surface area contributed by atoms with Crippen LogP contribution < -0.4 is 4.90 Å². The van der Waals surface area contributed by atoms with E-state index in [1.165, 1.54) is 6.20 Å². The van der Waals surface area contributed by atoms with Crippen LogP contribution in [0.25, 0.3) is 5.52 Å². The Morgan fingerprint density at radius 1 is 1.34 bits per heavy atom. The Morgan fingerprint density at radius 3 is 3.00 bits per heavy atom. The van der Waals surface area contributed by atoms with Gasteiger partial charge >= 0.3 is 5.97 Å². The second-order valence-electron chi connectivity index (χ2n) is 7.25. The number of fused-ring (bicyclic) bond motifs is 1. The number of anilines is 1. The Balaban J connectivity index is 1.70. The van der Waals surface area contributed by atoms with Crippen LogP contribution in [0.15, 0.2) is 48.0 Å². The van der Waals surface area contributed by atoms with Crippen molar-refractivity contribution in [3.8, 4) is 0 Å². The van der Waals surface area contributed by atoms with Gasteiger partial charge in [-0.1, -0.05) is 0 Å². The number of aromatic nitrogens is 2. The lowest BCUT2D eigenvalue weighted by Gasteiger charge is -2.31. The summed E-state index contributed by atoms with van der Waals surface area (Å²) in [6.07, 6.45) is 8.05. The van der Waals surface area contributed by atoms with Crippen LogP contribution in [0.1, 0.15) is 43.5 Å². The molecule has 3 heterocycles. The van der Waals surface area contributed by atoms with Crippen molar-refractivity contribution in [1.82, 2.24) is 9.61 Å². The zero-order chi connectivity index (χ0) is 20.4. The van der Waals surface area contributed by atoms with Gasteiger partial charge in [-0.05, 0) is 56.5 Å². The quantitative estimate of drug-likeness (QED) is 0.686. The average molecular weight is 399 g/mol. The molecule has 154 valence electrons. The van der Waals surface area contributed by atoms with Crippen LogP contribution in [-0.2, 0) is 9.47 Å². The van der Waals surface area contributed by atoms with Crippen LogP contribution in [0.4, 0.5) is 10.1 Å². The zero-order valence-electron chi connectivity index (χ0n) is 16.8. The first kappa shape index (κ1) is 19.5. The molecule has 0 saturated carbocycles. The minimum Gasteiger partial charge on any atom is -0.494 e. The fraction of sp³-hybridized carbons (Fsp3) is 0.455. The highest BCUT2D eigenvalue weighted by Crippen LogP contribution is 2.36. The summed E-state index contributed by atoms with van der Waals surface area (Å²) in [4.78, 5) is 14.5. The minimum atomic E-state index is -0.982. The van der Waals surface area contributed by atoms with Crippen LogP contribution in [0.3, 0.4) is 0 Å². The molecule has 0 amide bonds. The lowest BCUT2D eigenvalue weighted by molar-refractivity contribution is 0.0528. The second-order valence-corrected chi connectivity index (χ2v) is 7.25. The van der Waals surface area contributed by atoms with E-state index in [1.807, 2.05) is 25.3 Å². The van der Waals surface area contributed by atoms with E-state index >= 15 is 0 Å². The van der Waals surface area contributed by atoms with E-state index in [9.17, 15) is 9.18 Å². The van der Waals surface area contributed by atoms with Gasteiger partial charge < -0.3 is 14.4 Å². The van der Waals surface area contributed by atoms with Crippen LogP contribution in [0.5, 0.6) is 0 Å². The molecule has 0 radical (unpaired) electrons. The highest BCUT2D eigenvalue weighted by atomic mass is 19.1. The Kier molecular flexibility index (Phi) is 5.56. The Hall–Kier alpha value is -2.83. The molecule has 1 aliphatic heterocycles. The molecule has 2 atom stereocenters. The Morgan fingerprint density at radius 2 is 2.21 bits per heavy atom. The normalized spacial score (nSPS) is 21.8. The van der Waals surface area contributed by atoms with Crippen molar-refractivity contribution in [2.75, 3.05) is 24.7 Å². The predicted octanol–water partition coefficient (Wildman–Crippen LogP) is 4.07. The lowest BCUT2D eigenvalue weighted by Crippen LogP contribution is -2.33. The van der Waals surface area contributed by atoms with E-state index in [0.29, 0.717) is 30.7 Å². The number of ether oxygens (including phenoxy) is 2. The number of rotatable bonds is 6. The predicted molar refractivity (Wildman–Crippen MR) is 109 cm³/mol. The Labute approximate surface area is 169 Å². The summed E-state index contributed by atoms with van der Waals surface area (Å²) in [5.41, 5.74) is 3.15. The van der Waals surface area contributed by atoms with Crippen LogP contribution >= 0.6 is 0 Å². The van der Waals surface area contributed by atoms with Gasteiger partial charge in [-0.25, -0.2) is 13.7 Å². The largest absolute Gasteiger partial charge is 0.494 e. The van der Waals surface area contributed by atoms with Gasteiger partial charge in [-0.3, -0.25) is 0 Å². The molecule has 2 aliphatic rings. The third-order valence-corrected chi connectivity index (χ3v) is 5.47. The number of nitrogens with zero attached hydrogens (tertiary/aromatic N) is 3. The van der Waals surface area contributed by atoms with Gasteiger partial charge in [0.15, 0.2) is 0 Å². The fourth-order valence-electron chi connectivity index (χ4n) is 4.23. The fourth-order valence-corrected chi connectivity index (χ4v) is 4.23. The maximum absolute atomic E-state index is 14.2. The van der Waals surface area contributed by atoms with E-state index < -0.39 is 6.17 Å². The molecule has 2 aromatic heterocycles. The van der Waals surface area contributed by atoms with Crippen molar-refractivity contribution in [2.24, 2.45) is 0 Å². The summed E-state index contributed by atoms with van der Waals surface area (Å²) in [5.74, 6) is 0.410. The number of pyridine rings is 1. The number of alkyl halides is 1. The van der Waals surface area contributed by atoms with Crippen molar-refractivity contribution < 1.29 is 18.7 Å². The van der Waals surface area contributed by atoms with Crippen molar-refractivity contribution in [3.63, 3.8) is 0 Å². The molecule has 29 heavy (non-hydrogen) atoms. The summed E-state index contributed by atoms with van der Waals surface area (Å²) in [7, 11) is 0. The maximum atomic E-state index is 14.2. The van der Waals surface area contributed by atoms with Crippen molar-refractivity contribution in [2.45, 2.75) is 45.3 Å². The molecular formula is C22H26FN3O3. The molecule has 1 fully saturated rings. The highest BCUT2D eigenvalue weighted by Gasteiger charge is 2.33. The monoisotopic (exact) mass is 399 g/mol. The lowest BCUT2D eigenvalue weighted by atomic mass is 9.93. The van der Waals surface area contributed by atoms with Crippen LogP contribution in [0, 0.1) is 0 Å². The van der Waals surface area contributed by atoms with E-state index in [-0.39, 0.29) is 12.0 Å². The smallest absolute Gasteiger partial charge is 0.341 e. The SMILES string of the molecule is CCOC(=O)c1cnn2ccc(N3CCC[C@@H]3C3=C(OCC)C=CC(F)C3)cc12. The summed E-state index contributed by atoms with van der Waals surface area (Å²) < 4.78 is 26.8. The third-order valence-electron chi connectivity index (χ3n) is 5.47. The summed E-state index contributed by atoms with van der Waals surface area (Å²) in [6.45, 7) is 5.46. The second kappa shape index (κ2) is 8.27. The molecule has 1 saturated heterocycles.